The van der Waals surface area contributed by atoms with Gasteiger partial charge in [0.1, 0.15) is 0 Å². The van der Waals surface area contributed by atoms with Crippen LogP contribution < -0.4 is 35.0 Å². The van der Waals surface area contributed by atoms with Gasteiger partial charge in [-0.3, -0.25) is 9.69 Å². The molecule has 0 spiro atoms. The van der Waals surface area contributed by atoms with Crippen molar-refractivity contribution in [1.29, 1.82) is 0 Å². The third-order valence-electron chi connectivity index (χ3n) is 2.89. The summed E-state index contributed by atoms with van der Waals surface area (Å²) in [7, 11) is 0. The zero-order valence-corrected chi connectivity index (χ0v) is 13.4. The molecule has 17 heavy (non-hydrogen) atoms. The molecule has 0 radical (unpaired) electrons. The van der Waals surface area contributed by atoms with Gasteiger partial charge in [-0.15, -0.1) is 0 Å². The van der Waals surface area contributed by atoms with E-state index in [1.807, 2.05) is 18.7 Å². The summed E-state index contributed by atoms with van der Waals surface area (Å²) in [5, 5.41) is 17.7. The van der Waals surface area contributed by atoms with Crippen molar-refractivity contribution in [1.82, 2.24) is 10.4 Å². The van der Waals surface area contributed by atoms with Crippen molar-refractivity contribution < 1.29 is 46.1 Å². The van der Waals surface area contributed by atoms with E-state index in [0.29, 0.717) is 0 Å². The smallest absolute Gasteiger partial charge is 1.00 e. The van der Waals surface area contributed by atoms with Crippen LogP contribution in [0.15, 0.2) is 0 Å². The predicted molar refractivity (Wildman–Crippen MR) is 63.7 cm³/mol. The van der Waals surface area contributed by atoms with E-state index in [-0.39, 0.29) is 49.6 Å². The molecule has 0 heterocycles. The number of rotatable bonds is 9. The second kappa shape index (κ2) is 11.4. The summed E-state index contributed by atoms with van der Waals surface area (Å²) in [4.78, 5) is 12.6. The van der Waals surface area contributed by atoms with Gasteiger partial charge < -0.3 is 11.7 Å². The number of hydrogen-bond donors (Lipinski definition) is 3. The van der Waals surface area contributed by atoms with E-state index in [1.165, 1.54) is 0 Å². The summed E-state index contributed by atoms with van der Waals surface area (Å²) in [6.07, 6.45) is 3.21. The fraction of sp³-hybridized carbons (Fsp3) is 0.909. The van der Waals surface area contributed by atoms with Crippen LogP contribution in [-0.2, 0) is 4.79 Å². The number of carboxylic acid groups (broad SMARTS) is 1. The molecule has 0 aromatic heterocycles. The summed E-state index contributed by atoms with van der Waals surface area (Å²) in [5.41, 5.74) is 2.17. The molecule has 3 N–H and O–H groups in total. The van der Waals surface area contributed by atoms with Gasteiger partial charge in [0.25, 0.3) is 0 Å². The zero-order valence-electron chi connectivity index (χ0n) is 12.4. The third-order valence-corrected chi connectivity index (χ3v) is 2.89. The maximum absolute atomic E-state index is 10.7. The Kier molecular flexibility index (Phi) is 13.2. The van der Waals surface area contributed by atoms with Crippen LogP contribution in [-0.4, -0.2) is 46.4 Å². The van der Waals surface area contributed by atoms with Crippen molar-refractivity contribution in [3.8, 4) is 0 Å². The first-order chi connectivity index (χ1) is 7.52. The molecule has 0 saturated carbocycles. The molecule has 0 fully saturated rings. The van der Waals surface area contributed by atoms with Gasteiger partial charge in [0.15, 0.2) is 0 Å². The average molecular weight is 256 g/mol. The van der Waals surface area contributed by atoms with Crippen LogP contribution in [0, 0.1) is 0 Å². The molecule has 98 valence electrons. The van der Waals surface area contributed by atoms with Crippen molar-refractivity contribution in [3.05, 3.63) is 0 Å². The van der Waals surface area contributed by atoms with Crippen LogP contribution in [0.2, 0.25) is 0 Å². The van der Waals surface area contributed by atoms with E-state index in [4.69, 9.17) is 10.3 Å². The second-order valence-electron chi connectivity index (χ2n) is 4.23. The molecule has 2 unspecified atom stereocenters. The Morgan fingerprint density at radius 2 is 2.00 bits per heavy atom. The van der Waals surface area contributed by atoms with Gasteiger partial charge in [-0.25, -0.2) is 5.48 Å². The molecule has 0 aliphatic rings. The molecule has 0 amide bonds. The summed E-state index contributed by atoms with van der Waals surface area (Å²) in [6.45, 7) is 6.65. The molecule has 0 aromatic carbocycles. The summed E-state index contributed by atoms with van der Waals surface area (Å²) >= 11 is 0. The Morgan fingerprint density at radius 1 is 1.41 bits per heavy atom. The predicted octanol–water partition coefficient (Wildman–Crippen LogP) is -1.56. The molecule has 0 aliphatic heterocycles. The minimum Gasteiger partial charge on any atom is -1.00 e. The second-order valence-corrected chi connectivity index (χ2v) is 4.23. The van der Waals surface area contributed by atoms with Crippen LogP contribution in [0.4, 0.5) is 0 Å². The fourth-order valence-corrected chi connectivity index (χ4v) is 1.59. The molecule has 0 aromatic rings. The van der Waals surface area contributed by atoms with Gasteiger partial charge in [-0.05, 0) is 26.8 Å². The maximum atomic E-state index is 10.7. The van der Waals surface area contributed by atoms with Gasteiger partial charge in [0.05, 0.1) is 6.54 Å². The molecule has 0 saturated heterocycles. The number of nitrogens with one attached hydrogen (secondary N) is 1. The first-order valence-corrected chi connectivity index (χ1v) is 5.88. The van der Waals surface area contributed by atoms with Crippen LogP contribution >= 0.6 is 0 Å². The Morgan fingerprint density at radius 3 is 2.41 bits per heavy atom. The van der Waals surface area contributed by atoms with Gasteiger partial charge in [-0.2, -0.15) is 0 Å². The number of carbonyl (C=O) groups is 1. The Bertz CT molecular complexity index is 211. The normalized spacial score (nSPS) is 14.2. The molecule has 2 atom stereocenters. The van der Waals surface area contributed by atoms with E-state index in [9.17, 15) is 4.79 Å². The van der Waals surface area contributed by atoms with Crippen LogP contribution in [0.5, 0.6) is 0 Å². The number of nitrogens with zero attached hydrogens (tertiary/aromatic N) is 1. The quantitative estimate of drug-likeness (QED) is 0.264. The third kappa shape index (κ3) is 8.99. The fourth-order valence-electron chi connectivity index (χ4n) is 1.59. The van der Waals surface area contributed by atoms with Crippen molar-refractivity contribution >= 4 is 5.97 Å². The molecule has 0 aliphatic carbocycles. The average Bonchev–Trinajstić information content (AvgIpc) is 2.25. The van der Waals surface area contributed by atoms with E-state index < -0.39 is 5.97 Å². The molecule has 0 bridgehead atoms. The number of hydrogen-bond acceptors (Lipinski definition) is 4. The minimum atomic E-state index is -0.825. The topological polar surface area (TPSA) is 72.8 Å². The first-order valence-electron chi connectivity index (χ1n) is 5.88. The maximum Gasteiger partial charge on any atom is 1.00 e. The molecule has 5 nitrogen and oxygen atoms in total. The molecule has 6 heteroatoms. The summed E-state index contributed by atoms with van der Waals surface area (Å²) < 4.78 is 0. The first kappa shape index (κ1) is 19.7. The Labute approximate surface area is 127 Å². The largest absolute Gasteiger partial charge is 1.00 e. The van der Waals surface area contributed by atoms with Crippen molar-refractivity contribution in [2.75, 3.05) is 13.1 Å². The number of unbranched alkanes of at least 4 members (excludes halogenated alkanes) is 2. The summed E-state index contributed by atoms with van der Waals surface area (Å²) in [6, 6.07) is -0.140. The molecular formula is C11H25N2NaO3. The number of aliphatic carboxylic acids is 1. The van der Waals surface area contributed by atoms with Crippen LogP contribution in [0.25, 0.3) is 0 Å². The van der Waals surface area contributed by atoms with Gasteiger partial charge in [-0.1, -0.05) is 19.8 Å². The zero-order chi connectivity index (χ0) is 12.6. The van der Waals surface area contributed by atoms with Gasteiger partial charge in [0.2, 0.25) is 0 Å². The minimum absolute atomic E-state index is 0. The molecular weight excluding hydrogens is 231 g/mol. The van der Waals surface area contributed by atoms with E-state index in [2.05, 4.69) is 12.4 Å². The van der Waals surface area contributed by atoms with Crippen LogP contribution in [0.1, 0.15) is 41.5 Å². The Balaban J connectivity index is -0.00000112. The standard InChI is InChI=1S/C11H24N2O3.Na.H/c1-4-5-6-7-13(8-11(14)15)10(3)9(2)12-16;;/h9-10,12,16H,4-8H2,1-3H3,(H,14,15);;/q;+1;-1. The monoisotopic (exact) mass is 256 g/mol. The molecule has 0 rings (SSSR count). The number of hydroxylamine groups is 1. The summed E-state index contributed by atoms with van der Waals surface area (Å²) in [5.74, 6) is -0.825. The number of carboxylic acids is 1. The van der Waals surface area contributed by atoms with Crippen molar-refractivity contribution in [2.45, 2.75) is 52.1 Å². The van der Waals surface area contributed by atoms with Crippen LogP contribution in [0.3, 0.4) is 0 Å². The van der Waals surface area contributed by atoms with E-state index in [0.717, 1.165) is 25.8 Å². The van der Waals surface area contributed by atoms with Crippen molar-refractivity contribution in [3.63, 3.8) is 0 Å². The Hall–Kier alpha value is 0.350. The van der Waals surface area contributed by atoms with Gasteiger partial charge in [0, 0.05) is 12.1 Å². The SMILES string of the molecule is CCCCCN(CC(=O)O)C(C)C(C)NO.[H-].[Na+]. The van der Waals surface area contributed by atoms with Crippen molar-refractivity contribution in [2.24, 2.45) is 0 Å². The van der Waals surface area contributed by atoms with E-state index in [1.54, 1.807) is 0 Å². The van der Waals surface area contributed by atoms with E-state index >= 15 is 0 Å². The van der Waals surface area contributed by atoms with Gasteiger partial charge >= 0.3 is 35.5 Å².